The van der Waals surface area contributed by atoms with Gasteiger partial charge < -0.3 is 4.90 Å². The van der Waals surface area contributed by atoms with Gasteiger partial charge in [-0.2, -0.15) is 0 Å². The molecular weight excluding hydrogens is 218 g/mol. The Balaban J connectivity index is 3.51. The predicted octanol–water partition coefficient (Wildman–Crippen LogP) is -1.24. The molecule has 0 saturated carbocycles. The van der Waals surface area contributed by atoms with Gasteiger partial charge in [-0.15, -0.1) is 11.3 Å². The average molecular weight is 229 g/mol. The third-order valence-electron chi connectivity index (χ3n) is 1.65. The fourth-order valence-electron chi connectivity index (χ4n) is 1.01. The van der Waals surface area contributed by atoms with Gasteiger partial charge in [0.05, 0.1) is 4.92 Å². The monoisotopic (exact) mass is 229 g/mol. The van der Waals surface area contributed by atoms with Gasteiger partial charge in [-0.25, -0.2) is 0 Å². The zero-order valence-electron chi connectivity index (χ0n) is 8.63. The molecule has 0 aliphatic heterocycles. The van der Waals surface area contributed by atoms with E-state index >= 15 is 0 Å². The van der Waals surface area contributed by atoms with Crippen LogP contribution in [0.5, 0.6) is 0 Å². The zero-order valence-corrected chi connectivity index (χ0v) is 9.45. The van der Waals surface area contributed by atoms with Crippen LogP contribution in [0.25, 0.3) is 12.4 Å². The van der Waals surface area contributed by atoms with Gasteiger partial charge in [0.1, 0.15) is 4.53 Å². The highest BCUT2D eigenvalue weighted by molar-refractivity contribution is 7.07. The minimum absolute atomic E-state index is 0.221. The standard InChI is InChI=1S/C8H11N3O3S/c1-9(2)4-6-8(12)10(3)7(15-6)5-11(13)14/h4-5H,1-3H3/b6-4+,7-5-. The summed E-state index contributed by atoms with van der Waals surface area (Å²) in [6.45, 7) is 0. The molecule has 0 bridgehead atoms. The van der Waals surface area contributed by atoms with Crippen LogP contribution in [0.2, 0.25) is 0 Å². The van der Waals surface area contributed by atoms with Crippen molar-refractivity contribution in [1.82, 2.24) is 9.47 Å². The molecule has 0 spiro atoms. The minimum Gasteiger partial charge on any atom is -0.382 e. The smallest absolute Gasteiger partial charge is 0.270 e. The first-order valence-electron chi connectivity index (χ1n) is 4.11. The van der Waals surface area contributed by atoms with Gasteiger partial charge in [0.25, 0.3) is 11.8 Å². The van der Waals surface area contributed by atoms with Crippen LogP contribution in [0, 0.1) is 10.1 Å². The largest absolute Gasteiger partial charge is 0.382 e. The lowest BCUT2D eigenvalue weighted by molar-refractivity contribution is -0.363. The molecule has 82 valence electrons. The van der Waals surface area contributed by atoms with Crippen molar-refractivity contribution in [2.24, 2.45) is 7.05 Å². The second-order valence-electron chi connectivity index (χ2n) is 3.18. The maximum absolute atomic E-state index is 11.6. The molecule has 0 aliphatic rings. The summed E-state index contributed by atoms with van der Waals surface area (Å²) in [4.78, 5) is 23.0. The molecule has 0 saturated heterocycles. The highest BCUT2D eigenvalue weighted by Crippen LogP contribution is 1.78. The molecule has 7 heteroatoms. The summed E-state index contributed by atoms with van der Waals surface area (Å²) < 4.78 is 2.08. The SMILES string of the molecule is CN(C)/C=c1/s/c(=C\[N+](=O)[O-])n(C)c1=O. The van der Waals surface area contributed by atoms with Crippen molar-refractivity contribution >= 4 is 23.7 Å². The van der Waals surface area contributed by atoms with E-state index in [-0.39, 0.29) is 5.56 Å². The van der Waals surface area contributed by atoms with Crippen molar-refractivity contribution < 1.29 is 4.92 Å². The van der Waals surface area contributed by atoms with Crippen molar-refractivity contribution in [3.8, 4) is 0 Å². The molecular formula is C8H11N3O3S. The Morgan fingerprint density at radius 3 is 2.60 bits per heavy atom. The molecule has 0 aromatic carbocycles. The van der Waals surface area contributed by atoms with Crippen LogP contribution in [0.1, 0.15) is 0 Å². The van der Waals surface area contributed by atoms with Crippen LogP contribution >= 0.6 is 11.3 Å². The van der Waals surface area contributed by atoms with Gasteiger partial charge in [-0.1, -0.05) is 0 Å². The fourth-order valence-corrected chi connectivity index (χ4v) is 2.08. The zero-order chi connectivity index (χ0) is 11.6. The van der Waals surface area contributed by atoms with E-state index in [4.69, 9.17) is 0 Å². The van der Waals surface area contributed by atoms with Gasteiger partial charge >= 0.3 is 0 Å². The summed E-state index contributed by atoms with van der Waals surface area (Å²) in [6.07, 6.45) is 2.48. The van der Waals surface area contributed by atoms with Crippen LogP contribution in [-0.2, 0) is 7.05 Å². The molecule has 0 amide bonds. The fraction of sp³-hybridized carbons (Fsp3) is 0.375. The van der Waals surface area contributed by atoms with E-state index < -0.39 is 4.92 Å². The first-order valence-corrected chi connectivity index (χ1v) is 4.93. The quantitative estimate of drug-likeness (QED) is 0.470. The third kappa shape index (κ3) is 2.66. The van der Waals surface area contributed by atoms with Crippen molar-refractivity contribution in [2.45, 2.75) is 0 Å². The Morgan fingerprint density at radius 1 is 1.53 bits per heavy atom. The number of hydrogen-bond acceptors (Lipinski definition) is 5. The number of thiazole rings is 1. The summed E-state index contributed by atoms with van der Waals surface area (Å²) in [5.41, 5.74) is -0.221. The van der Waals surface area contributed by atoms with E-state index in [9.17, 15) is 14.9 Å². The predicted molar refractivity (Wildman–Crippen MR) is 58.4 cm³/mol. The van der Waals surface area contributed by atoms with Crippen molar-refractivity contribution in [3.05, 3.63) is 29.7 Å². The van der Waals surface area contributed by atoms with Gasteiger partial charge in [0.2, 0.25) is 0 Å². The lowest BCUT2D eigenvalue weighted by atomic mass is 10.7. The molecule has 1 rings (SSSR count). The summed E-state index contributed by atoms with van der Waals surface area (Å²) >= 11 is 1.10. The van der Waals surface area contributed by atoms with Crippen LogP contribution in [0.4, 0.5) is 0 Å². The molecule has 0 atom stereocenters. The Labute approximate surface area is 89.5 Å². The van der Waals surface area contributed by atoms with E-state index in [2.05, 4.69) is 0 Å². The summed E-state index contributed by atoms with van der Waals surface area (Å²) in [6, 6.07) is 0. The third-order valence-corrected chi connectivity index (χ3v) is 2.74. The number of rotatable bonds is 2. The summed E-state index contributed by atoms with van der Waals surface area (Å²) in [5, 5.41) is 10.3. The average Bonchev–Trinajstić information content (AvgIpc) is 2.32. The number of nitrogens with zero attached hydrogens (tertiary/aromatic N) is 3. The lowest BCUT2D eigenvalue weighted by Gasteiger charge is -1.99. The highest BCUT2D eigenvalue weighted by atomic mass is 32.1. The summed E-state index contributed by atoms with van der Waals surface area (Å²) in [5.74, 6) is 0. The van der Waals surface area contributed by atoms with E-state index in [1.165, 1.54) is 11.6 Å². The normalized spacial score (nSPS) is 13.3. The number of nitro groups is 1. The van der Waals surface area contributed by atoms with E-state index in [0.29, 0.717) is 9.20 Å². The molecule has 1 aromatic heterocycles. The van der Waals surface area contributed by atoms with E-state index in [1.807, 2.05) is 0 Å². The van der Waals surface area contributed by atoms with Gasteiger partial charge in [-0.05, 0) is 0 Å². The Morgan fingerprint density at radius 2 is 2.13 bits per heavy atom. The van der Waals surface area contributed by atoms with Crippen LogP contribution in [0.3, 0.4) is 0 Å². The van der Waals surface area contributed by atoms with Gasteiger partial charge in [0, 0.05) is 27.3 Å². The first kappa shape index (κ1) is 11.4. The summed E-state index contributed by atoms with van der Waals surface area (Å²) in [7, 11) is 5.09. The topological polar surface area (TPSA) is 68.4 Å². The molecule has 0 fully saturated rings. The van der Waals surface area contributed by atoms with Crippen LogP contribution in [0.15, 0.2) is 4.79 Å². The van der Waals surface area contributed by atoms with Gasteiger partial charge in [0.15, 0.2) is 4.66 Å². The van der Waals surface area contributed by atoms with Crippen molar-refractivity contribution in [1.29, 1.82) is 0 Å². The molecule has 15 heavy (non-hydrogen) atoms. The Bertz CT molecular complexity index is 540. The molecule has 0 radical (unpaired) electrons. The Hall–Kier alpha value is -1.63. The maximum Gasteiger partial charge on any atom is 0.270 e. The van der Waals surface area contributed by atoms with Gasteiger partial charge in [-0.3, -0.25) is 19.5 Å². The molecule has 0 aliphatic carbocycles. The molecule has 6 nitrogen and oxygen atoms in total. The number of aromatic nitrogens is 1. The van der Waals surface area contributed by atoms with Crippen molar-refractivity contribution in [2.75, 3.05) is 14.1 Å². The van der Waals surface area contributed by atoms with Crippen LogP contribution < -0.4 is 14.8 Å². The number of hydrogen-bond donors (Lipinski definition) is 0. The Kier molecular flexibility index (Phi) is 3.25. The molecule has 1 aromatic rings. The second kappa shape index (κ2) is 4.26. The second-order valence-corrected chi connectivity index (χ2v) is 4.24. The lowest BCUT2D eigenvalue weighted by Crippen LogP contribution is -2.30. The van der Waals surface area contributed by atoms with E-state index in [0.717, 1.165) is 17.5 Å². The maximum atomic E-state index is 11.6. The molecule has 0 N–H and O–H groups in total. The first-order chi connectivity index (χ1) is 6.91. The minimum atomic E-state index is -0.565. The molecule has 1 heterocycles. The molecule has 0 unspecified atom stereocenters. The van der Waals surface area contributed by atoms with E-state index in [1.54, 1.807) is 25.2 Å². The van der Waals surface area contributed by atoms with Crippen LogP contribution in [-0.4, -0.2) is 28.5 Å². The highest BCUT2D eigenvalue weighted by Gasteiger charge is 2.02. The van der Waals surface area contributed by atoms with Crippen molar-refractivity contribution in [3.63, 3.8) is 0 Å².